The van der Waals surface area contributed by atoms with Crippen LogP contribution in [0.4, 0.5) is 10.1 Å². The monoisotopic (exact) mass is 248 g/mol. The minimum Gasteiger partial charge on any atom is -0.381 e. The maximum Gasteiger partial charge on any atom is 0.125 e. The van der Waals surface area contributed by atoms with Gasteiger partial charge in [0.25, 0.3) is 0 Å². The molecule has 0 bridgehead atoms. The van der Waals surface area contributed by atoms with E-state index in [4.69, 9.17) is 4.74 Å². The normalized spacial score (nSPS) is 27.5. The Morgan fingerprint density at radius 3 is 2.44 bits per heavy atom. The molecule has 0 heterocycles. The second-order valence-corrected chi connectivity index (χ2v) is 4.76. The van der Waals surface area contributed by atoms with Crippen molar-refractivity contribution in [2.75, 3.05) is 12.4 Å². The van der Waals surface area contributed by atoms with Crippen molar-refractivity contribution < 1.29 is 9.13 Å². The number of nitriles is 1. The number of ether oxygens (including phenoxy) is 1. The molecule has 1 aromatic rings. The van der Waals surface area contributed by atoms with Crippen LogP contribution in [-0.4, -0.2) is 18.8 Å². The Bertz CT molecular complexity index is 430. The first-order valence-electron chi connectivity index (χ1n) is 6.15. The first-order chi connectivity index (χ1) is 8.67. The lowest BCUT2D eigenvalue weighted by Crippen LogP contribution is -2.42. The van der Waals surface area contributed by atoms with Crippen LogP contribution in [0.5, 0.6) is 0 Å². The number of hydrogen-bond acceptors (Lipinski definition) is 3. The van der Waals surface area contributed by atoms with Gasteiger partial charge in [-0.3, -0.25) is 0 Å². The fraction of sp³-hybridized carbons (Fsp3) is 0.500. The van der Waals surface area contributed by atoms with Crippen LogP contribution in [-0.2, 0) is 4.74 Å². The van der Waals surface area contributed by atoms with Crippen LogP contribution in [0.25, 0.3) is 0 Å². The second kappa shape index (κ2) is 5.36. The van der Waals surface area contributed by atoms with Crippen LogP contribution >= 0.6 is 0 Å². The summed E-state index contributed by atoms with van der Waals surface area (Å²) < 4.78 is 18.1. The molecule has 0 amide bonds. The molecular weight excluding hydrogens is 231 g/mol. The van der Waals surface area contributed by atoms with Crippen LogP contribution < -0.4 is 5.32 Å². The number of anilines is 1. The van der Waals surface area contributed by atoms with Crippen LogP contribution in [0.15, 0.2) is 24.3 Å². The third kappa shape index (κ3) is 2.80. The number of benzene rings is 1. The van der Waals surface area contributed by atoms with Gasteiger partial charge in [0.15, 0.2) is 0 Å². The molecule has 1 aromatic carbocycles. The van der Waals surface area contributed by atoms with E-state index in [2.05, 4.69) is 11.4 Å². The van der Waals surface area contributed by atoms with Gasteiger partial charge in [-0.15, -0.1) is 0 Å². The van der Waals surface area contributed by atoms with E-state index in [9.17, 15) is 9.65 Å². The summed E-state index contributed by atoms with van der Waals surface area (Å²) >= 11 is 0. The highest BCUT2D eigenvalue weighted by molar-refractivity contribution is 5.47. The predicted octanol–water partition coefficient (Wildman–Crippen LogP) is 3.09. The molecule has 1 N–H and O–H groups in total. The third-order valence-electron chi connectivity index (χ3n) is 3.56. The Morgan fingerprint density at radius 1 is 1.33 bits per heavy atom. The van der Waals surface area contributed by atoms with Gasteiger partial charge in [0, 0.05) is 12.8 Å². The van der Waals surface area contributed by atoms with E-state index in [1.165, 1.54) is 12.1 Å². The van der Waals surface area contributed by atoms with Crippen molar-refractivity contribution in [1.82, 2.24) is 0 Å². The summed E-state index contributed by atoms with van der Waals surface area (Å²) in [7, 11) is 1.71. The second-order valence-electron chi connectivity index (χ2n) is 4.76. The van der Waals surface area contributed by atoms with Crippen LogP contribution in [0, 0.1) is 17.1 Å². The van der Waals surface area contributed by atoms with Gasteiger partial charge in [-0.2, -0.15) is 5.26 Å². The standard InChI is InChI=1S/C14H17FN2O/c1-18-13-6-8-14(10-16,9-7-13)17-12-4-2-11(15)3-5-12/h2-5,13,17H,6-9H2,1H3. The quantitative estimate of drug-likeness (QED) is 0.894. The molecule has 3 nitrogen and oxygen atoms in total. The summed E-state index contributed by atoms with van der Waals surface area (Å²) in [6.07, 6.45) is 3.50. The zero-order valence-electron chi connectivity index (χ0n) is 10.4. The zero-order chi connectivity index (χ0) is 13.0. The van der Waals surface area contributed by atoms with Crippen molar-refractivity contribution in [2.24, 2.45) is 0 Å². The molecule has 0 spiro atoms. The van der Waals surface area contributed by atoms with E-state index < -0.39 is 5.54 Å². The minimum absolute atomic E-state index is 0.251. The van der Waals surface area contributed by atoms with Gasteiger partial charge in [0.1, 0.15) is 11.4 Å². The van der Waals surface area contributed by atoms with Crippen molar-refractivity contribution in [3.63, 3.8) is 0 Å². The molecule has 1 aliphatic rings. The summed E-state index contributed by atoms with van der Waals surface area (Å²) in [5.41, 5.74) is 0.237. The fourth-order valence-electron chi connectivity index (χ4n) is 2.39. The molecule has 1 fully saturated rings. The number of nitrogens with one attached hydrogen (secondary N) is 1. The lowest BCUT2D eigenvalue weighted by Gasteiger charge is -2.35. The Labute approximate surface area is 107 Å². The summed E-state index contributed by atoms with van der Waals surface area (Å²) in [4.78, 5) is 0. The molecule has 18 heavy (non-hydrogen) atoms. The molecular formula is C14H17FN2O. The van der Waals surface area contributed by atoms with E-state index >= 15 is 0 Å². The number of hydrogen-bond donors (Lipinski definition) is 1. The molecule has 0 radical (unpaired) electrons. The third-order valence-corrected chi connectivity index (χ3v) is 3.56. The molecule has 1 aliphatic carbocycles. The molecule has 0 unspecified atom stereocenters. The smallest absolute Gasteiger partial charge is 0.125 e. The summed E-state index contributed by atoms with van der Waals surface area (Å²) in [6, 6.07) is 8.49. The molecule has 0 atom stereocenters. The largest absolute Gasteiger partial charge is 0.381 e. The van der Waals surface area contributed by atoms with E-state index in [1.54, 1.807) is 19.2 Å². The highest BCUT2D eigenvalue weighted by atomic mass is 19.1. The van der Waals surface area contributed by atoms with Crippen molar-refractivity contribution in [3.8, 4) is 6.07 Å². The Kier molecular flexibility index (Phi) is 3.83. The van der Waals surface area contributed by atoms with Crippen molar-refractivity contribution >= 4 is 5.69 Å². The van der Waals surface area contributed by atoms with E-state index in [1.807, 2.05) is 0 Å². The van der Waals surface area contributed by atoms with Crippen molar-refractivity contribution in [2.45, 2.75) is 37.3 Å². The first-order valence-corrected chi connectivity index (χ1v) is 6.15. The Morgan fingerprint density at radius 2 is 1.94 bits per heavy atom. The topological polar surface area (TPSA) is 45.0 Å². The number of methoxy groups -OCH3 is 1. The molecule has 0 aliphatic heterocycles. The van der Waals surface area contributed by atoms with Gasteiger partial charge in [-0.1, -0.05) is 0 Å². The average molecular weight is 248 g/mol. The van der Waals surface area contributed by atoms with Crippen LogP contribution in [0.3, 0.4) is 0 Å². The molecule has 96 valence electrons. The van der Waals surface area contributed by atoms with Crippen LogP contribution in [0.1, 0.15) is 25.7 Å². The summed E-state index contributed by atoms with van der Waals surface area (Å²) in [5.74, 6) is -0.269. The highest BCUT2D eigenvalue weighted by Crippen LogP contribution is 2.32. The lowest BCUT2D eigenvalue weighted by atomic mass is 9.81. The lowest BCUT2D eigenvalue weighted by molar-refractivity contribution is 0.0612. The van der Waals surface area contributed by atoms with Gasteiger partial charge < -0.3 is 10.1 Å². The maximum atomic E-state index is 12.8. The van der Waals surface area contributed by atoms with Gasteiger partial charge in [0.05, 0.1) is 12.2 Å². The highest BCUT2D eigenvalue weighted by Gasteiger charge is 2.35. The van der Waals surface area contributed by atoms with Crippen molar-refractivity contribution in [3.05, 3.63) is 30.1 Å². The molecule has 1 saturated carbocycles. The predicted molar refractivity (Wildman–Crippen MR) is 67.6 cm³/mol. The van der Waals surface area contributed by atoms with Gasteiger partial charge in [0.2, 0.25) is 0 Å². The summed E-state index contributed by atoms with van der Waals surface area (Å²) in [6.45, 7) is 0. The molecule has 0 saturated heterocycles. The van der Waals surface area contributed by atoms with Gasteiger partial charge >= 0.3 is 0 Å². The molecule has 4 heteroatoms. The molecule has 2 rings (SSSR count). The first kappa shape index (κ1) is 12.8. The molecule has 0 aromatic heterocycles. The van der Waals surface area contributed by atoms with E-state index in [-0.39, 0.29) is 11.9 Å². The fourth-order valence-corrected chi connectivity index (χ4v) is 2.39. The van der Waals surface area contributed by atoms with Crippen molar-refractivity contribution in [1.29, 1.82) is 5.26 Å². The number of nitrogens with zero attached hydrogens (tertiary/aromatic N) is 1. The maximum absolute atomic E-state index is 12.8. The SMILES string of the molecule is COC1CCC(C#N)(Nc2ccc(F)cc2)CC1. The number of rotatable bonds is 3. The summed E-state index contributed by atoms with van der Waals surface area (Å²) in [5, 5.41) is 12.6. The Balaban J connectivity index is 2.06. The Hall–Kier alpha value is -1.60. The number of halogens is 1. The van der Waals surface area contributed by atoms with E-state index in [0.717, 1.165) is 31.4 Å². The minimum atomic E-state index is -0.549. The van der Waals surface area contributed by atoms with E-state index in [0.29, 0.717) is 0 Å². The average Bonchev–Trinajstić information content (AvgIpc) is 2.42. The van der Waals surface area contributed by atoms with Gasteiger partial charge in [-0.05, 0) is 49.9 Å². The zero-order valence-corrected chi connectivity index (χ0v) is 10.4. The van der Waals surface area contributed by atoms with Gasteiger partial charge in [-0.25, -0.2) is 4.39 Å². The van der Waals surface area contributed by atoms with Crippen LogP contribution in [0.2, 0.25) is 0 Å².